The summed E-state index contributed by atoms with van der Waals surface area (Å²) in [4.78, 5) is 13.1. The smallest absolute Gasteiger partial charge is 0.258 e. The van der Waals surface area contributed by atoms with Crippen LogP contribution in [-0.2, 0) is 4.79 Å². The second-order valence-electron chi connectivity index (χ2n) is 5.29. The molecule has 0 aliphatic heterocycles. The number of ether oxygens (including phenoxy) is 1. The number of benzene rings is 1. The monoisotopic (exact) mass is 303 g/mol. The van der Waals surface area contributed by atoms with Gasteiger partial charge in [0, 0.05) is 4.88 Å². The zero-order valence-corrected chi connectivity index (χ0v) is 13.4. The lowest BCUT2D eigenvalue weighted by Gasteiger charge is -2.15. The standard InChI is InChI=1S/C17H21NO2S/c1-12(2)14-7-4-5-8-15(14)20-11-17(19)18-13(3)16-9-6-10-21-16/h4-10,12-13H,11H2,1-3H3,(H,18,19). The van der Waals surface area contributed by atoms with Crippen LogP contribution < -0.4 is 10.1 Å². The molecule has 0 aliphatic rings. The Labute approximate surface area is 130 Å². The van der Waals surface area contributed by atoms with Gasteiger partial charge in [0.1, 0.15) is 5.75 Å². The maximum atomic E-state index is 12.0. The zero-order chi connectivity index (χ0) is 15.2. The van der Waals surface area contributed by atoms with Crippen LogP contribution in [0.1, 0.15) is 43.2 Å². The zero-order valence-electron chi connectivity index (χ0n) is 12.6. The lowest BCUT2D eigenvalue weighted by atomic mass is 10.0. The molecule has 0 fully saturated rings. The van der Waals surface area contributed by atoms with E-state index in [1.165, 1.54) is 0 Å². The average molecular weight is 303 g/mol. The van der Waals surface area contributed by atoms with Gasteiger partial charge in [-0.25, -0.2) is 0 Å². The third-order valence-corrected chi connectivity index (χ3v) is 4.30. The molecule has 1 heterocycles. The van der Waals surface area contributed by atoms with Gasteiger partial charge in [-0.2, -0.15) is 0 Å². The molecule has 0 spiro atoms. The van der Waals surface area contributed by atoms with Gasteiger partial charge in [-0.15, -0.1) is 11.3 Å². The molecule has 2 aromatic rings. The lowest BCUT2D eigenvalue weighted by Crippen LogP contribution is -2.31. The largest absolute Gasteiger partial charge is 0.483 e. The van der Waals surface area contributed by atoms with E-state index in [-0.39, 0.29) is 18.6 Å². The van der Waals surface area contributed by atoms with E-state index in [9.17, 15) is 4.79 Å². The van der Waals surface area contributed by atoms with Crippen LogP contribution in [0.2, 0.25) is 0 Å². The van der Waals surface area contributed by atoms with Crippen LogP contribution in [0.5, 0.6) is 5.75 Å². The first kappa shape index (κ1) is 15.6. The van der Waals surface area contributed by atoms with Gasteiger partial charge in [0.15, 0.2) is 6.61 Å². The van der Waals surface area contributed by atoms with E-state index in [0.717, 1.165) is 16.2 Å². The topological polar surface area (TPSA) is 38.3 Å². The molecule has 1 aromatic heterocycles. The molecule has 1 atom stereocenters. The summed E-state index contributed by atoms with van der Waals surface area (Å²) >= 11 is 1.64. The van der Waals surface area contributed by atoms with Crippen LogP contribution in [0, 0.1) is 0 Å². The van der Waals surface area contributed by atoms with E-state index < -0.39 is 0 Å². The Bertz CT molecular complexity index is 578. The molecular weight excluding hydrogens is 282 g/mol. The fourth-order valence-corrected chi connectivity index (χ4v) is 2.86. The molecule has 21 heavy (non-hydrogen) atoms. The highest BCUT2D eigenvalue weighted by Gasteiger charge is 2.12. The highest BCUT2D eigenvalue weighted by atomic mass is 32.1. The summed E-state index contributed by atoms with van der Waals surface area (Å²) in [6.45, 7) is 6.24. The fourth-order valence-electron chi connectivity index (χ4n) is 2.12. The summed E-state index contributed by atoms with van der Waals surface area (Å²) in [7, 11) is 0. The van der Waals surface area contributed by atoms with Gasteiger partial charge in [-0.3, -0.25) is 4.79 Å². The molecule has 0 aliphatic carbocycles. The summed E-state index contributed by atoms with van der Waals surface area (Å²) < 4.78 is 5.67. The van der Waals surface area contributed by atoms with Crippen molar-refractivity contribution in [3.8, 4) is 5.75 Å². The Balaban J connectivity index is 1.90. The van der Waals surface area contributed by atoms with E-state index in [4.69, 9.17) is 4.74 Å². The molecule has 4 heteroatoms. The Kier molecular flexibility index (Phi) is 5.39. The maximum Gasteiger partial charge on any atom is 0.258 e. The summed E-state index contributed by atoms with van der Waals surface area (Å²) in [6, 6.07) is 11.9. The molecular formula is C17H21NO2S. The molecule has 1 aromatic carbocycles. The van der Waals surface area contributed by atoms with E-state index in [2.05, 4.69) is 19.2 Å². The minimum absolute atomic E-state index is 0.0152. The number of thiophene rings is 1. The van der Waals surface area contributed by atoms with Crippen molar-refractivity contribution in [1.82, 2.24) is 5.32 Å². The van der Waals surface area contributed by atoms with Crippen molar-refractivity contribution >= 4 is 17.2 Å². The molecule has 1 unspecified atom stereocenters. The third-order valence-electron chi connectivity index (χ3n) is 3.25. The van der Waals surface area contributed by atoms with E-state index in [0.29, 0.717) is 5.92 Å². The SMILES string of the molecule is CC(C)c1ccccc1OCC(=O)NC(C)c1cccs1. The maximum absolute atomic E-state index is 12.0. The third kappa shape index (κ3) is 4.33. The molecule has 0 bridgehead atoms. The Morgan fingerprint density at radius 1 is 1.19 bits per heavy atom. The van der Waals surface area contributed by atoms with Gasteiger partial charge in [0.25, 0.3) is 5.91 Å². The molecule has 3 nitrogen and oxygen atoms in total. The Morgan fingerprint density at radius 2 is 1.95 bits per heavy atom. The first-order chi connectivity index (χ1) is 10.1. The minimum Gasteiger partial charge on any atom is -0.483 e. The van der Waals surface area contributed by atoms with Gasteiger partial charge in [-0.05, 0) is 35.9 Å². The molecule has 1 amide bonds. The highest BCUT2D eigenvalue weighted by molar-refractivity contribution is 7.10. The van der Waals surface area contributed by atoms with Crippen LogP contribution in [0.3, 0.4) is 0 Å². The number of hydrogen-bond acceptors (Lipinski definition) is 3. The van der Waals surface area contributed by atoms with Crippen LogP contribution in [-0.4, -0.2) is 12.5 Å². The summed E-state index contributed by atoms with van der Waals surface area (Å²) in [5.74, 6) is 1.05. The van der Waals surface area contributed by atoms with Crippen LogP contribution in [0.25, 0.3) is 0 Å². The fraction of sp³-hybridized carbons (Fsp3) is 0.353. The molecule has 0 saturated carbocycles. The Hall–Kier alpha value is -1.81. The number of para-hydroxylation sites is 1. The van der Waals surface area contributed by atoms with Crippen molar-refractivity contribution in [2.75, 3.05) is 6.61 Å². The number of rotatable bonds is 6. The number of carbonyl (C=O) groups is 1. The van der Waals surface area contributed by atoms with E-state index >= 15 is 0 Å². The lowest BCUT2D eigenvalue weighted by molar-refractivity contribution is -0.123. The summed E-state index contributed by atoms with van der Waals surface area (Å²) in [6.07, 6.45) is 0. The van der Waals surface area contributed by atoms with Crippen LogP contribution >= 0.6 is 11.3 Å². The van der Waals surface area contributed by atoms with Crippen molar-refractivity contribution < 1.29 is 9.53 Å². The second-order valence-corrected chi connectivity index (χ2v) is 6.27. The van der Waals surface area contributed by atoms with Gasteiger partial charge in [0.05, 0.1) is 6.04 Å². The van der Waals surface area contributed by atoms with Crippen LogP contribution in [0.4, 0.5) is 0 Å². The number of amides is 1. The number of nitrogens with one attached hydrogen (secondary N) is 1. The first-order valence-electron chi connectivity index (χ1n) is 7.12. The molecule has 0 radical (unpaired) electrons. The number of hydrogen-bond donors (Lipinski definition) is 1. The normalized spacial score (nSPS) is 12.2. The van der Waals surface area contributed by atoms with Crippen molar-refractivity contribution in [3.05, 3.63) is 52.2 Å². The van der Waals surface area contributed by atoms with Crippen molar-refractivity contribution in [1.29, 1.82) is 0 Å². The number of carbonyl (C=O) groups excluding carboxylic acids is 1. The van der Waals surface area contributed by atoms with Crippen molar-refractivity contribution in [2.24, 2.45) is 0 Å². The van der Waals surface area contributed by atoms with Crippen molar-refractivity contribution in [3.63, 3.8) is 0 Å². The molecule has 112 valence electrons. The second kappa shape index (κ2) is 7.27. The van der Waals surface area contributed by atoms with E-state index in [1.54, 1.807) is 11.3 Å². The predicted molar refractivity (Wildman–Crippen MR) is 86.9 cm³/mol. The Morgan fingerprint density at radius 3 is 2.62 bits per heavy atom. The molecule has 1 N–H and O–H groups in total. The van der Waals surface area contributed by atoms with Gasteiger partial charge >= 0.3 is 0 Å². The van der Waals surface area contributed by atoms with Gasteiger partial charge in [-0.1, -0.05) is 38.1 Å². The van der Waals surface area contributed by atoms with Crippen molar-refractivity contribution in [2.45, 2.75) is 32.7 Å². The molecule has 0 saturated heterocycles. The summed E-state index contributed by atoms with van der Waals surface area (Å²) in [5, 5.41) is 4.96. The van der Waals surface area contributed by atoms with Gasteiger partial charge < -0.3 is 10.1 Å². The summed E-state index contributed by atoms with van der Waals surface area (Å²) in [5.41, 5.74) is 1.12. The highest BCUT2D eigenvalue weighted by Crippen LogP contribution is 2.25. The molecule has 2 rings (SSSR count). The predicted octanol–water partition coefficient (Wildman–Crippen LogP) is 4.13. The minimum atomic E-state index is -0.102. The average Bonchev–Trinajstić information content (AvgIpc) is 2.99. The quantitative estimate of drug-likeness (QED) is 0.871. The van der Waals surface area contributed by atoms with E-state index in [1.807, 2.05) is 48.7 Å². The van der Waals surface area contributed by atoms with Crippen LogP contribution in [0.15, 0.2) is 41.8 Å². The first-order valence-corrected chi connectivity index (χ1v) is 8.00. The van der Waals surface area contributed by atoms with Gasteiger partial charge in [0.2, 0.25) is 0 Å².